The lowest BCUT2D eigenvalue weighted by atomic mass is 10.1. The first-order chi connectivity index (χ1) is 6.31. The third-order valence-corrected chi connectivity index (χ3v) is 2.00. The minimum Gasteiger partial charge on any atom is -0.463 e. The minimum atomic E-state index is -0.167. The second-order valence-electron chi connectivity index (χ2n) is 2.92. The summed E-state index contributed by atoms with van der Waals surface area (Å²) in [6, 6.07) is 5.89. The van der Waals surface area contributed by atoms with Crippen molar-refractivity contribution in [2.75, 3.05) is 0 Å². The van der Waals surface area contributed by atoms with Gasteiger partial charge in [-0.2, -0.15) is 5.26 Å². The molecule has 13 heavy (non-hydrogen) atoms. The van der Waals surface area contributed by atoms with Crippen LogP contribution in [0.5, 0.6) is 0 Å². The summed E-state index contributed by atoms with van der Waals surface area (Å²) in [5.74, 6) is -0.167. The minimum absolute atomic E-state index is 0.167. The number of aromatic nitrogens is 1. The van der Waals surface area contributed by atoms with Crippen LogP contribution < -0.4 is 0 Å². The highest BCUT2D eigenvalue weighted by molar-refractivity contribution is 5.76. The van der Waals surface area contributed by atoms with Crippen molar-refractivity contribution in [3.8, 4) is 6.07 Å². The lowest BCUT2D eigenvalue weighted by Crippen LogP contribution is -1.92. The zero-order valence-corrected chi connectivity index (χ0v) is 7.19. The number of fused-ring (bicyclic) bond motifs is 1. The van der Waals surface area contributed by atoms with Gasteiger partial charge in [0.05, 0.1) is 30.1 Å². The lowest BCUT2D eigenvalue weighted by Gasteiger charge is -1.99. The number of rotatable bonds is 1. The van der Waals surface area contributed by atoms with Crippen LogP contribution in [0, 0.1) is 11.3 Å². The molecule has 0 radical (unpaired) electrons. The Bertz CT molecular complexity index is 467. The van der Waals surface area contributed by atoms with Crippen LogP contribution in [0.4, 0.5) is 0 Å². The van der Waals surface area contributed by atoms with E-state index in [-0.39, 0.29) is 5.92 Å². The summed E-state index contributed by atoms with van der Waals surface area (Å²) in [5, 5.41) is 9.69. The van der Waals surface area contributed by atoms with Crippen LogP contribution in [-0.4, -0.2) is 4.98 Å². The van der Waals surface area contributed by atoms with Crippen LogP contribution in [-0.2, 0) is 0 Å². The van der Waals surface area contributed by atoms with Crippen molar-refractivity contribution >= 4 is 11.0 Å². The molecular formula is C10H8N2O. The van der Waals surface area contributed by atoms with Gasteiger partial charge in [0.15, 0.2) is 5.58 Å². The molecule has 2 heterocycles. The highest BCUT2D eigenvalue weighted by atomic mass is 16.3. The second-order valence-corrected chi connectivity index (χ2v) is 2.92. The number of hydrogen-bond acceptors (Lipinski definition) is 3. The monoisotopic (exact) mass is 172 g/mol. The maximum absolute atomic E-state index is 8.70. The van der Waals surface area contributed by atoms with Crippen LogP contribution in [0.1, 0.15) is 18.5 Å². The molecule has 0 amide bonds. The van der Waals surface area contributed by atoms with Gasteiger partial charge < -0.3 is 4.42 Å². The predicted molar refractivity (Wildman–Crippen MR) is 48.0 cm³/mol. The van der Waals surface area contributed by atoms with E-state index in [4.69, 9.17) is 9.68 Å². The molecule has 0 bridgehead atoms. The first kappa shape index (κ1) is 7.81. The molecule has 0 saturated heterocycles. The molecule has 2 aromatic heterocycles. The summed E-state index contributed by atoms with van der Waals surface area (Å²) in [7, 11) is 0. The summed E-state index contributed by atoms with van der Waals surface area (Å²) in [4.78, 5) is 4.13. The van der Waals surface area contributed by atoms with Crippen LogP contribution >= 0.6 is 0 Å². The van der Waals surface area contributed by atoms with Crippen molar-refractivity contribution in [1.82, 2.24) is 4.98 Å². The standard InChI is InChI=1S/C10H8N2O/c1-7(5-11)9-4-8-2-3-13-10(8)6-12-9/h2-4,6-7H,1H3. The number of hydrogen-bond donors (Lipinski definition) is 0. The molecule has 0 aliphatic heterocycles. The molecule has 1 atom stereocenters. The van der Waals surface area contributed by atoms with Gasteiger partial charge in [-0.15, -0.1) is 0 Å². The number of pyridine rings is 1. The Morgan fingerprint density at radius 1 is 1.62 bits per heavy atom. The van der Waals surface area contributed by atoms with E-state index in [9.17, 15) is 0 Å². The third-order valence-electron chi connectivity index (χ3n) is 2.00. The first-order valence-electron chi connectivity index (χ1n) is 4.04. The van der Waals surface area contributed by atoms with Crippen molar-refractivity contribution in [3.05, 3.63) is 30.3 Å². The maximum atomic E-state index is 8.70. The van der Waals surface area contributed by atoms with Crippen LogP contribution in [0.2, 0.25) is 0 Å². The van der Waals surface area contributed by atoms with E-state index in [2.05, 4.69) is 11.1 Å². The molecular weight excluding hydrogens is 164 g/mol. The average Bonchev–Trinajstić information content (AvgIpc) is 2.63. The van der Waals surface area contributed by atoms with Gasteiger partial charge in [0.2, 0.25) is 0 Å². The van der Waals surface area contributed by atoms with E-state index in [0.717, 1.165) is 16.7 Å². The fourth-order valence-electron chi connectivity index (χ4n) is 1.19. The summed E-state index contributed by atoms with van der Waals surface area (Å²) < 4.78 is 5.14. The molecule has 3 heteroatoms. The van der Waals surface area contributed by atoms with Crippen molar-refractivity contribution in [3.63, 3.8) is 0 Å². The number of nitrogens with zero attached hydrogens (tertiary/aromatic N) is 2. The summed E-state index contributed by atoms with van der Waals surface area (Å²) in [5.41, 5.74) is 1.55. The molecule has 2 aromatic rings. The Balaban J connectivity index is 2.55. The quantitative estimate of drug-likeness (QED) is 0.663. The van der Waals surface area contributed by atoms with E-state index < -0.39 is 0 Å². The maximum Gasteiger partial charge on any atom is 0.152 e. The molecule has 0 N–H and O–H groups in total. The van der Waals surface area contributed by atoms with Crippen molar-refractivity contribution in [1.29, 1.82) is 5.26 Å². The molecule has 3 nitrogen and oxygen atoms in total. The molecule has 0 aliphatic rings. The molecule has 0 fully saturated rings. The highest BCUT2D eigenvalue weighted by Crippen LogP contribution is 2.19. The van der Waals surface area contributed by atoms with Gasteiger partial charge in [0.25, 0.3) is 0 Å². The number of nitriles is 1. The van der Waals surface area contributed by atoms with E-state index >= 15 is 0 Å². The predicted octanol–water partition coefficient (Wildman–Crippen LogP) is 2.45. The van der Waals surface area contributed by atoms with Gasteiger partial charge >= 0.3 is 0 Å². The van der Waals surface area contributed by atoms with E-state index in [1.165, 1.54) is 0 Å². The van der Waals surface area contributed by atoms with Crippen LogP contribution in [0.15, 0.2) is 29.0 Å². The summed E-state index contributed by atoms with van der Waals surface area (Å²) >= 11 is 0. The largest absolute Gasteiger partial charge is 0.463 e. The Labute approximate surface area is 75.6 Å². The zero-order valence-electron chi connectivity index (χ0n) is 7.19. The van der Waals surface area contributed by atoms with Crippen molar-refractivity contribution < 1.29 is 4.42 Å². The normalized spacial score (nSPS) is 12.6. The van der Waals surface area contributed by atoms with Crippen LogP contribution in [0.25, 0.3) is 11.0 Å². The van der Waals surface area contributed by atoms with Gasteiger partial charge in [-0.05, 0) is 19.1 Å². The van der Waals surface area contributed by atoms with Gasteiger partial charge in [-0.3, -0.25) is 4.98 Å². The molecule has 2 rings (SSSR count). The van der Waals surface area contributed by atoms with Crippen molar-refractivity contribution in [2.45, 2.75) is 12.8 Å². The molecule has 64 valence electrons. The first-order valence-corrected chi connectivity index (χ1v) is 4.04. The van der Waals surface area contributed by atoms with Gasteiger partial charge in [-0.25, -0.2) is 0 Å². The van der Waals surface area contributed by atoms with Crippen molar-refractivity contribution in [2.24, 2.45) is 0 Å². The Morgan fingerprint density at radius 3 is 3.23 bits per heavy atom. The average molecular weight is 172 g/mol. The summed E-state index contributed by atoms with van der Waals surface area (Å²) in [6.07, 6.45) is 3.27. The Hall–Kier alpha value is -1.82. The Kier molecular flexibility index (Phi) is 1.75. The smallest absolute Gasteiger partial charge is 0.152 e. The fraction of sp³-hybridized carbons (Fsp3) is 0.200. The fourth-order valence-corrected chi connectivity index (χ4v) is 1.19. The second kappa shape index (κ2) is 2.91. The lowest BCUT2D eigenvalue weighted by molar-refractivity contribution is 0.613. The number of furan rings is 1. The topological polar surface area (TPSA) is 49.8 Å². The van der Waals surface area contributed by atoms with E-state index in [1.54, 1.807) is 12.5 Å². The molecule has 0 aliphatic carbocycles. The molecule has 0 saturated carbocycles. The molecule has 0 spiro atoms. The van der Waals surface area contributed by atoms with Crippen LogP contribution in [0.3, 0.4) is 0 Å². The SMILES string of the molecule is CC(C#N)c1cc2ccoc2cn1. The summed E-state index contributed by atoms with van der Waals surface area (Å²) in [6.45, 7) is 1.83. The zero-order chi connectivity index (χ0) is 9.26. The molecule has 1 unspecified atom stereocenters. The van der Waals surface area contributed by atoms with Gasteiger partial charge in [-0.1, -0.05) is 0 Å². The third kappa shape index (κ3) is 1.27. The van der Waals surface area contributed by atoms with Gasteiger partial charge in [0, 0.05) is 5.39 Å². The van der Waals surface area contributed by atoms with E-state index in [1.807, 2.05) is 19.1 Å². The molecule has 0 aromatic carbocycles. The van der Waals surface area contributed by atoms with Gasteiger partial charge in [0.1, 0.15) is 0 Å². The highest BCUT2D eigenvalue weighted by Gasteiger charge is 2.06. The Morgan fingerprint density at radius 2 is 2.46 bits per heavy atom. The van der Waals surface area contributed by atoms with E-state index in [0.29, 0.717) is 0 Å².